The first kappa shape index (κ1) is 64.9. The van der Waals surface area contributed by atoms with Crippen LogP contribution in [0.1, 0.15) is 110 Å². The number of nitrogens with zero attached hydrogens (tertiary/aromatic N) is 2. The largest absolute Gasteiger partial charge is 2.00 e. The molecule has 0 saturated carbocycles. The van der Waals surface area contributed by atoms with Crippen LogP contribution in [0.2, 0.25) is 0 Å². The monoisotopic (exact) mass is 1150 g/mol. The number of anilines is 2. The molecule has 0 aliphatic carbocycles. The SMILES string of the molecule is CC(C)c1c(C(=O)Nc2ccccc2)c(-c2ccccc2)c(-c2ccc(F)cc2)n1CC[C@H](O)C[C@H](O)CC(=O)[O-].CC(C)c1c(C(=O)Nc2ccccc2)c(-c2ccccc2)c(-c2ccc(F)cc2)n1CC[C@H](O)C[C@H](O)CC(=O)[O-].[Ca+2]. The molecule has 14 nitrogen and oxygen atoms in total. The van der Waals surface area contributed by atoms with Crippen LogP contribution in [0, 0.1) is 11.6 Å². The number of hydrogen-bond donors (Lipinski definition) is 6. The number of carbonyl (C=O) groups is 4. The molecule has 0 unspecified atom stereocenters. The minimum atomic E-state index is -1.39. The van der Waals surface area contributed by atoms with E-state index >= 15 is 0 Å². The van der Waals surface area contributed by atoms with Crippen molar-refractivity contribution in [3.05, 3.63) is 204 Å². The number of carbonyl (C=O) groups excluding carboxylic acids is 4. The van der Waals surface area contributed by atoms with Crippen LogP contribution in [0.25, 0.3) is 44.8 Å². The smallest absolute Gasteiger partial charge is 0.550 e. The number of hydrogen-bond acceptors (Lipinski definition) is 10. The Morgan fingerprint density at radius 1 is 0.446 bits per heavy atom. The number of amides is 2. The first-order chi connectivity index (χ1) is 39.3. The summed E-state index contributed by atoms with van der Waals surface area (Å²) in [5, 5.41) is 69.2. The molecule has 428 valence electrons. The summed E-state index contributed by atoms with van der Waals surface area (Å²) in [5.74, 6) is -4.41. The van der Waals surface area contributed by atoms with E-state index in [4.69, 9.17) is 0 Å². The van der Waals surface area contributed by atoms with E-state index in [0.717, 1.165) is 22.5 Å². The molecule has 8 aromatic rings. The van der Waals surface area contributed by atoms with Gasteiger partial charge in [-0.2, -0.15) is 0 Å². The van der Waals surface area contributed by atoms with E-state index in [1.807, 2.05) is 134 Å². The predicted octanol–water partition coefficient (Wildman–Crippen LogP) is 9.58. The maximum absolute atomic E-state index is 14.0. The zero-order chi connectivity index (χ0) is 59.0. The number of aliphatic carboxylic acids is 2. The third-order valence-electron chi connectivity index (χ3n) is 13.8. The number of aromatic nitrogens is 2. The average molecular weight is 1160 g/mol. The zero-order valence-corrected chi connectivity index (χ0v) is 49.1. The second-order valence-corrected chi connectivity index (χ2v) is 20.8. The first-order valence-corrected chi connectivity index (χ1v) is 27.3. The van der Waals surface area contributed by atoms with Crippen molar-refractivity contribution in [1.29, 1.82) is 0 Å². The Labute approximate surface area is 512 Å². The van der Waals surface area contributed by atoms with E-state index in [-0.39, 0.29) is 100 Å². The summed E-state index contributed by atoms with van der Waals surface area (Å²) in [4.78, 5) is 49.8. The average Bonchev–Trinajstić information content (AvgIpc) is 3.14. The molecule has 0 aliphatic rings. The van der Waals surface area contributed by atoms with Crippen molar-refractivity contribution in [3.63, 3.8) is 0 Å². The molecule has 6 aromatic carbocycles. The molecule has 17 heteroatoms. The molecule has 0 bridgehead atoms. The van der Waals surface area contributed by atoms with Crippen molar-refractivity contribution in [2.75, 3.05) is 10.6 Å². The summed E-state index contributed by atoms with van der Waals surface area (Å²) in [6.45, 7) is 8.45. The van der Waals surface area contributed by atoms with Gasteiger partial charge in [-0.15, -0.1) is 0 Å². The minimum absolute atomic E-state index is 0. The van der Waals surface area contributed by atoms with E-state index in [0.29, 0.717) is 56.1 Å². The van der Waals surface area contributed by atoms with Gasteiger partial charge in [-0.3, -0.25) is 9.59 Å². The van der Waals surface area contributed by atoms with Gasteiger partial charge in [0.1, 0.15) is 11.6 Å². The van der Waals surface area contributed by atoms with Crippen LogP contribution in [-0.4, -0.2) is 115 Å². The standard InChI is InChI=1S/2C33H35FN2O5.Ca/c2*1-21(2)31-30(33(41)35-25-11-7-4-8-12-25)29(22-9-5-3-6-10-22)32(23-13-15-24(34)16-14-23)36(31)18-17-26(37)19-27(38)20-28(39)40;/h2*3-16,21,26-27,37-38H,17-20H2,1-2H3,(H,35,41)(H,39,40);/q;;+2/p-2/t2*26-,27-;/m00./s1. The van der Waals surface area contributed by atoms with Gasteiger partial charge >= 0.3 is 37.7 Å². The molecule has 6 N–H and O–H groups in total. The molecule has 83 heavy (non-hydrogen) atoms. The summed E-state index contributed by atoms with van der Waals surface area (Å²) in [6, 6.07) is 49.4. The number of benzene rings is 6. The van der Waals surface area contributed by atoms with Crippen molar-refractivity contribution in [2.24, 2.45) is 0 Å². The van der Waals surface area contributed by atoms with Crippen LogP contribution >= 0.6 is 0 Å². The van der Waals surface area contributed by atoms with Crippen molar-refractivity contribution >= 4 is 72.9 Å². The second-order valence-electron chi connectivity index (χ2n) is 20.8. The first-order valence-electron chi connectivity index (χ1n) is 27.3. The molecule has 4 atom stereocenters. The zero-order valence-electron chi connectivity index (χ0n) is 46.9. The Kier molecular flexibility index (Phi) is 24.1. The number of para-hydroxylation sites is 2. The molecule has 2 heterocycles. The summed E-state index contributed by atoms with van der Waals surface area (Å²) in [6.07, 6.45) is -5.54. The summed E-state index contributed by atoms with van der Waals surface area (Å²) >= 11 is 0. The Bertz CT molecular complexity index is 3170. The Hall–Kier alpha value is -7.28. The van der Waals surface area contributed by atoms with Crippen molar-refractivity contribution in [3.8, 4) is 44.8 Å². The van der Waals surface area contributed by atoms with E-state index in [1.165, 1.54) is 24.3 Å². The number of aliphatic hydroxyl groups excluding tert-OH is 4. The molecule has 2 amide bonds. The summed E-state index contributed by atoms with van der Waals surface area (Å²) in [5.41, 5.74) is 9.43. The Morgan fingerprint density at radius 3 is 1.04 bits per heavy atom. The Morgan fingerprint density at radius 2 is 0.747 bits per heavy atom. The molecule has 0 spiro atoms. The number of aliphatic hydroxyl groups is 4. The number of nitrogens with one attached hydrogen (secondary N) is 2. The van der Waals surface area contributed by atoms with E-state index in [1.54, 1.807) is 48.5 Å². The quantitative estimate of drug-likeness (QED) is 0.0314. The maximum Gasteiger partial charge on any atom is 2.00 e. The van der Waals surface area contributed by atoms with E-state index in [2.05, 4.69) is 10.6 Å². The normalized spacial score (nSPS) is 12.6. The van der Waals surface area contributed by atoms with Crippen molar-refractivity contribution in [1.82, 2.24) is 9.13 Å². The van der Waals surface area contributed by atoms with Crippen LogP contribution in [0.4, 0.5) is 20.2 Å². The van der Waals surface area contributed by atoms with Crippen LogP contribution in [0.3, 0.4) is 0 Å². The van der Waals surface area contributed by atoms with Crippen LogP contribution in [-0.2, 0) is 22.7 Å². The van der Waals surface area contributed by atoms with Crippen molar-refractivity contribution in [2.45, 2.75) is 116 Å². The van der Waals surface area contributed by atoms with Gasteiger partial charge < -0.3 is 60.0 Å². The van der Waals surface area contributed by atoms with E-state index < -0.39 is 60.8 Å². The molecule has 2 aromatic heterocycles. The van der Waals surface area contributed by atoms with Gasteiger partial charge in [-0.05, 0) is 133 Å². The van der Waals surface area contributed by atoms with Gasteiger partial charge in [0.05, 0.1) is 46.9 Å². The van der Waals surface area contributed by atoms with Crippen LogP contribution in [0.5, 0.6) is 0 Å². The fourth-order valence-electron chi connectivity index (χ4n) is 10.4. The second kappa shape index (κ2) is 30.9. The molecular formula is C66H68CaF2N4O10. The molecule has 0 aliphatic heterocycles. The minimum Gasteiger partial charge on any atom is -0.550 e. The van der Waals surface area contributed by atoms with Gasteiger partial charge in [-0.1, -0.05) is 125 Å². The van der Waals surface area contributed by atoms with Gasteiger partial charge in [0.25, 0.3) is 11.8 Å². The third-order valence-corrected chi connectivity index (χ3v) is 13.8. The molecule has 0 saturated heterocycles. The number of rotatable bonds is 24. The van der Waals surface area contributed by atoms with E-state index in [9.17, 15) is 58.6 Å². The molecule has 8 rings (SSSR count). The van der Waals surface area contributed by atoms with Gasteiger partial charge in [0, 0.05) is 71.8 Å². The van der Waals surface area contributed by atoms with Gasteiger partial charge in [0.2, 0.25) is 0 Å². The number of carboxylic acid groups (broad SMARTS) is 2. The molecule has 0 fully saturated rings. The van der Waals surface area contributed by atoms with Crippen LogP contribution < -0.4 is 20.8 Å². The van der Waals surface area contributed by atoms with Crippen LogP contribution in [0.15, 0.2) is 170 Å². The molecular weight excluding hydrogens is 1090 g/mol. The maximum atomic E-state index is 14.0. The van der Waals surface area contributed by atoms with Gasteiger partial charge in [0.15, 0.2) is 0 Å². The van der Waals surface area contributed by atoms with Crippen molar-refractivity contribution < 1.29 is 58.6 Å². The molecule has 0 radical (unpaired) electrons. The predicted molar refractivity (Wildman–Crippen MR) is 315 cm³/mol. The van der Waals surface area contributed by atoms with Gasteiger partial charge in [-0.25, -0.2) is 8.78 Å². The topological polar surface area (TPSA) is 229 Å². The Balaban J connectivity index is 0.000000263. The number of carboxylic acids is 2. The fraction of sp³-hybridized carbons (Fsp3) is 0.273. The fourth-order valence-corrected chi connectivity index (χ4v) is 10.4. The number of halogens is 2. The summed E-state index contributed by atoms with van der Waals surface area (Å²) in [7, 11) is 0. The third kappa shape index (κ3) is 17.4. The summed E-state index contributed by atoms with van der Waals surface area (Å²) < 4.78 is 32.0.